The highest BCUT2D eigenvalue weighted by atomic mass is 19.4. The summed E-state index contributed by atoms with van der Waals surface area (Å²) in [5, 5.41) is 2.72. The van der Waals surface area contributed by atoms with Crippen molar-refractivity contribution in [3.63, 3.8) is 0 Å². The fourth-order valence-corrected chi connectivity index (χ4v) is 3.74. The number of rotatable bonds is 8. The average molecular weight is 489 g/mol. The van der Waals surface area contributed by atoms with Gasteiger partial charge in [0.05, 0.1) is 38.2 Å². The van der Waals surface area contributed by atoms with Gasteiger partial charge in [0.1, 0.15) is 11.6 Å². The number of halogens is 3. The van der Waals surface area contributed by atoms with E-state index in [9.17, 15) is 22.8 Å². The summed E-state index contributed by atoms with van der Waals surface area (Å²) >= 11 is 0. The van der Waals surface area contributed by atoms with Gasteiger partial charge in [-0.3, -0.25) is 9.59 Å². The molecule has 1 aliphatic heterocycles. The molecule has 0 radical (unpaired) electrons. The van der Waals surface area contributed by atoms with Crippen LogP contribution in [0.3, 0.4) is 0 Å². The van der Waals surface area contributed by atoms with E-state index in [0.717, 1.165) is 0 Å². The van der Waals surface area contributed by atoms with Gasteiger partial charge in [-0.2, -0.15) is 13.2 Å². The lowest BCUT2D eigenvalue weighted by molar-refractivity contribution is -0.139. The van der Waals surface area contributed by atoms with Crippen LogP contribution >= 0.6 is 0 Å². The zero-order valence-electron chi connectivity index (χ0n) is 18.9. The lowest BCUT2D eigenvalue weighted by Crippen LogP contribution is -2.27. The van der Waals surface area contributed by atoms with Crippen molar-refractivity contribution >= 4 is 17.6 Å². The Balaban J connectivity index is 1.45. The van der Waals surface area contributed by atoms with E-state index >= 15 is 0 Å². The molecule has 0 saturated heterocycles. The van der Waals surface area contributed by atoms with Crippen LogP contribution < -0.4 is 10.1 Å². The second-order valence-corrected chi connectivity index (χ2v) is 8.09. The number of aromatic nitrogens is 3. The Hall–Kier alpha value is -3.96. The number of carbonyl (C=O) groups excluding carboxylic acids is 2. The minimum atomic E-state index is -4.31. The largest absolute Gasteiger partial charge is 0.477 e. The van der Waals surface area contributed by atoms with Gasteiger partial charge in [-0.05, 0) is 31.5 Å². The smallest absolute Gasteiger partial charge is 0.392 e. The molecular formula is C23H22F3N5O4. The van der Waals surface area contributed by atoms with Crippen molar-refractivity contribution in [2.75, 3.05) is 11.9 Å². The monoisotopic (exact) mass is 489 g/mol. The summed E-state index contributed by atoms with van der Waals surface area (Å²) in [5.41, 5.74) is 2.27. The summed E-state index contributed by atoms with van der Waals surface area (Å²) < 4.78 is 47.3. The first kappa shape index (κ1) is 24.2. The average Bonchev–Trinajstić information content (AvgIpc) is 3.42. The number of hydrogen-bond acceptors (Lipinski definition) is 7. The number of pyridine rings is 2. The van der Waals surface area contributed by atoms with E-state index in [1.807, 2.05) is 6.92 Å². The maximum atomic E-state index is 13.1. The first-order valence-corrected chi connectivity index (χ1v) is 10.7. The maximum Gasteiger partial charge on any atom is 0.392 e. The molecule has 2 amide bonds. The van der Waals surface area contributed by atoms with Crippen LogP contribution in [0.25, 0.3) is 0 Å². The van der Waals surface area contributed by atoms with Gasteiger partial charge in [0.2, 0.25) is 11.8 Å². The van der Waals surface area contributed by atoms with Crippen molar-refractivity contribution in [2.24, 2.45) is 0 Å². The Morgan fingerprint density at radius 1 is 1.31 bits per heavy atom. The van der Waals surface area contributed by atoms with Crippen LogP contribution in [-0.4, -0.2) is 44.4 Å². The van der Waals surface area contributed by atoms with E-state index in [1.165, 1.54) is 25.0 Å². The van der Waals surface area contributed by atoms with E-state index in [1.54, 1.807) is 24.0 Å². The standard InChI is InChI=1S/C23H22F3N5O4/c1-13-7-15(9-29-21(13)34-6-4-23(24,25)26)14(2)31-11-18-17(22(31)33)3-5-28-20(18)30-19(32)8-16-10-27-12-35-16/h3,5,7,9-10,12,14H,4,6,8,11H2,1-2H3,(H,28,30,32). The number of anilines is 1. The molecule has 1 N–H and O–H groups in total. The van der Waals surface area contributed by atoms with E-state index in [4.69, 9.17) is 9.15 Å². The van der Waals surface area contributed by atoms with E-state index in [-0.39, 0.29) is 36.5 Å². The number of hydrogen-bond donors (Lipinski definition) is 1. The molecular weight excluding hydrogens is 467 g/mol. The summed E-state index contributed by atoms with van der Waals surface area (Å²) in [6.07, 6.45) is 0.203. The molecule has 0 spiro atoms. The maximum absolute atomic E-state index is 13.1. The number of aryl methyl sites for hydroxylation is 1. The quantitative estimate of drug-likeness (QED) is 0.509. The molecule has 0 bridgehead atoms. The molecule has 0 aliphatic carbocycles. The lowest BCUT2D eigenvalue weighted by atomic mass is 10.1. The fourth-order valence-electron chi connectivity index (χ4n) is 3.74. The van der Waals surface area contributed by atoms with Gasteiger partial charge in [-0.15, -0.1) is 0 Å². The molecule has 12 heteroatoms. The van der Waals surface area contributed by atoms with Crippen LogP contribution in [0.2, 0.25) is 0 Å². The number of alkyl halides is 3. The Bertz CT molecular complexity index is 1230. The van der Waals surface area contributed by atoms with E-state index < -0.39 is 25.2 Å². The van der Waals surface area contributed by atoms with Crippen LogP contribution in [0.15, 0.2) is 41.5 Å². The molecule has 35 heavy (non-hydrogen) atoms. The Morgan fingerprint density at radius 2 is 2.11 bits per heavy atom. The Labute approximate surface area is 198 Å². The molecule has 1 aliphatic rings. The molecule has 0 saturated carbocycles. The molecule has 1 atom stereocenters. The highest BCUT2D eigenvalue weighted by Gasteiger charge is 2.34. The molecule has 4 rings (SSSR count). The molecule has 3 aromatic heterocycles. The van der Waals surface area contributed by atoms with Crippen LogP contribution in [0.5, 0.6) is 5.88 Å². The predicted octanol–water partition coefficient (Wildman–Crippen LogP) is 4.00. The fraction of sp³-hybridized carbons (Fsp3) is 0.348. The van der Waals surface area contributed by atoms with Crippen LogP contribution in [0.4, 0.5) is 19.0 Å². The zero-order chi connectivity index (χ0) is 25.2. The normalized spacial score (nSPS) is 14.1. The molecule has 9 nitrogen and oxygen atoms in total. The van der Waals surface area contributed by atoms with Gasteiger partial charge in [0.25, 0.3) is 5.91 Å². The van der Waals surface area contributed by atoms with E-state index in [0.29, 0.717) is 28.0 Å². The topological polar surface area (TPSA) is 110 Å². The van der Waals surface area contributed by atoms with Crippen molar-refractivity contribution in [3.05, 3.63) is 65.1 Å². The summed E-state index contributed by atoms with van der Waals surface area (Å²) in [4.78, 5) is 39.2. The van der Waals surface area contributed by atoms with Crippen molar-refractivity contribution < 1.29 is 31.9 Å². The number of amides is 2. The van der Waals surface area contributed by atoms with Gasteiger partial charge >= 0.3 is 6.18 Å². The first-order chi connectivity index (χ1) is 16.6. The second-order valence-electron chi connectivity index (χ2n) is 8.09. The highest BCUT2D eigenvalue weighted by Crippen LogP contribution is 2.34. The third-order valence-electron chi connectivity index (χ3n) is 5.58. The summed E-state index contributed by atoms with van der Waals surface area (Å²) in [7, 11) is 0. The summed E-state index contributed by atoms with van der Waals surface area (Å²) in [6.45, 7) is 3.19. The minimum absolute atomic E-state index is 0.0260. The number of nitrogens with zero attached hydrogens (tertiary/aromatic N) is 4. The number of carbonyl (C=O) groups is 2. The SMILES string of the molecule is Cc1cc(C(C)N2Cc3c(ccnc3NC(=O)Cc3cnco3)C2=O)cnc1OCCC(F)(F)F. The van der Waals surface area contributed by atoms with Crippen molar-refractivity contribution in [1.82, 2.24) is 19.9 Å². The summed E-state index contributed by atoms with van der Waals surface area (Å²) in [5.74, 6) is 0.210. The second kappa shape index (κ2) is 9.72. The van der Waals surface area contributed by atoms with E-state index in [2.05, 4.69) is 20.3 Å². The zero-order valence-corrected chi connectivity index (χ0v) is 18.9. The lowest BCUT2D eigenvalue weighted by Gasteiger charge is -2.25. The van der Waals surface area contributed by atoms with Gasteiger partial charge in [0.15, 0.2) is 6.39 Å². The van der Waals surface area contributed by atoms with Crippen LogP contribution in [-0.2, 0) is 17.8 Å². The van der Waals surface area contributed by atoms with Gasteiger partial charge in [-0.1, -0.05) is 0 Å². The van der Waals surface area contributed by atoms with Crippen LogP contribution in [0, 0.1) is 6.92 Å². The van der Waals surface area contributed by atoms with Gasteiger partial charge in [-0.25, -0.2) is 15.0 Å². The van der Waals surface area contributed by atoms with Crippen LogP contribution in [0.1, 0.15) is 52.2 Å². The molecule has 1 unspecified atom stereocenters. The molecule has 3 aromatic rings. The summed E-state index contributed by atoms with van der Waals surface area (Å²) in [6, 6.07) is 2.93. The van der Waals surface area contributed by atoms with Crippen molar-refractivity contribution in [2.45, 2.75) is 45.5 Å². The number of nitrogens with one attached hydrogen (secondary N) is 1. The highest BCUT2D eigenvalue weighted by molar-refractivity contribution is 6.01. The number of oxazole rings is 1. The molecule has 184 valence electrons. The molecule has 0 fully saturated rings. The van der Waals surface area contributed by atoms with Gasteiger partial charge < -0.3 is 19.4 Å². The number of fused-ring (bicyclic) bond motifs is 1. The first-order valence-electron chi connectivity index (χ1n) is 10.7. The predicted molar refractivity (Wildman–Crippen MR) is 117 cm³/mol. The number of ether oxygens (including phenoxy) is 1. The van der Waals surface area contributed by atoms with Crippen molar-refractivity contribution in [3.8, 4) is 5.88 Å². The third-order valence-corrected chi connectivity index (χ3v) is 5.58. The Kier molecular flexibility index (Phi) is 6.72. The Morgan fingerprint density at radius 3 is 2.80 bits per heavy atom. The third kappa shape index (κ3) is 5.58. The van der Waals surface area contributed by atoms with Gasteiger partial charge in [0, 0.05) is 29.1 Å². The molecule has 4 heterocycles. The molecule has 0 aromatic carbocycles. The minimum Gasteiger partial charge on any atom is -0.477 e. The van der Waals surface area contributed by atoms with Crippen molar-refractivity contribution in [1.29, 1.82) is 0 Å².